The predicted octanol–water partition coefficient (Wildman–Crippen LogP) is 4.18. The molecule has 22 heavy (non-hydrogen) atoms. The van der Waals surface area contributed by atoms with Crippen LogP contribution in [0.4, 0.5) is 0 Å². The number of Topliss-reactive ketones (excluding diaryl/α,β-unsaturated/α-hetero) is 1. The van der Waals surface area contributed by atoms with E-state index in [0.29, 0.717) is 6.42 Å². The van der Waals surface area contributed by atoms with E-state index in [0.717, 1.165) is 23.4 Å². The average Bonchev–Trinajstić information content (AvgIpc) is 2.89. The van der Waals surface area contributed by atoms with Crippen LogP contribution in [0.5, 0.6) is 0 Å². The highest BCUT2D eigenvalue weighted by molar-refractivity contribution is 5.98. The number of benzene rings is 2. The van der Waals surface area contributed by atoms with Crippen LogP contribution in [-0.4, -0.2) is 15.6 Å². The van der Waals surface area contributed by atoms with Gasteiger partial charge in [0.15, 0.2) is 5.78 Å². The zero-order valence-corrected chi connectivity index (χ0v) is 12.8. The Balaban J connectivity index is 1.88. The lowest BCUT2D eigenvalue weighted by Gasteiger charge is -2.28. The lowest BCUT2D eigenvalue weighted by atomic mass is 9.76. The minimum atomic E-state index is -0.00127. The number of rotatable bonds is 1. The number of fused-ring (bicyclic) bond motifs is 2. The first-order chi connectivity index (χ1) is 10.5. The topological polar surface area (TPSA) is 34.9 Å². The van der Waals surface area contributed by atoms with Gasteiger partial charge < -0.3 is 0 Å². The molecule has 0 atom stereocenters. The van der Waals surface area contributed by atoms with E-state index >= 15 is 0 Å². The number of hydrogen-bond donors (Lipinski definition) is 0. The van der Waals surface area contributed by atoms with E-state index in [1.54, 1.807) is 6.20 Å². The van der Waals surface area contributed by atoms with Crippen molar-refractivity contribution >= 4 is 16.6 Å². The van der Waals surface area contributed by atoms with E-state index in [-0.39, 0.29) is 11.2 Å². The molecule has 0 aliphatic heterocycles. The fourth-order valence-electron chi connectivity index (χ4n) is 3.35. The van der Waals surface area contributed by atoms with Crippen LogP contribution in [0.3, 0.4) is 0 Å². The largest absolute Gasteiger partial charge is 0.294 e. The summed E-state index contributed by atoms with van der Waals surface area (Å²) in [4.78, 5) is 12.3. The molecule has 0 spiro atoms. The summed E-state index contributed by atoms with van der Waals surface area (Å²) in [5, 5.41) is 6.88. The normalized spacial score (nSPS) is 16.7. The molecule has 0 saturated carbocycles. The molecule has 0 amide bonds. The van der Waals surface area contributed by atoms with Crippen molar-refractivity contribution in [3.05, 3.63) is 59.9 Å². The molecular formula is C19H18N2O. The number of hydrogen-bond acceptors (Lipinski definition) is 2. The summed E-state index contributed by atoms with van der Waals surface area (Å²) in [6.45, 7) is 4.29. The van der Waals surface area contributed by atoms with Crippen molar-refractivity contribution in [1.82, 2.24) is 9.78 Å². The monoisotopic (exact) mass is 290 g/mol. The van der Waals surface area contributed by atoms with Crippen molar-refractivity contribution in [1.29, 1.82) is 0 Å². The van der Waals surface area contributed by atoms with E-state index in [9.17, 15) is 4.79 Å². The summed E-state index contributed by atoms with van der Waals surface area (Å²) in [5.74, 6) is 0.207. The van der Waals surface area contributed by atoms with Gasteiger partial charge in [0.1, 0.15) is 0 Å². The van der Waals surface area contributed by atoms with Gasteiger partial charge in [-0.25, -0.2) is 4.68 Å². The van der Waals surface area contributed by atoms with Crippen molar-refractivity contribution < 1.29 is 4.79 Å². The van der Waals surface area contributed by atoms with E-state index < -0.39 is 0 Å². The molecule has 110 valence electrons. The fourth-order valence-corrected chi connectivity index (χ4v) is 3.35. The quantitative estimate of drug-likeness (QED) is 0.674. The van der Waals surface area contributed by atoms with E-state index in [1.165, 1.54) is 10.8 Å². The van der Waals surface area contributed by atoms with E-state index in [4.69, 9.17) is 0 Å². The summed E-state index contributed by atoms with van der Waals surface area (Å²) >= 11 is 0. The van der Waals surface area contributed by atoms with Gasteiger partial charge in [0.05, 0.1) is 23.1 Å². The molecule has 0 saturated heterocycles. The third-order valence-electron chi connectivity index (χ3n) is 4.43. The van der Waals surface area contributed by atoms with Gasteiger partial charge in [-0.3, -0.25) is 4.79 Å². The Labute approximate surface area is 129 Å². The number of nitrogens with zero attached hydrogens (tertiary/aromatic N) is 2. The standard InChI is InChI=1S/C19H18N2O/c1-19(2)10-17-16(18(22)11-19)12-20-21(17)15-8-7-13-5-3-4-6-14(13)9-15/h3-9,12H,10-11H2,1-2H3. The first-order valence-corrected chi connectivity index (χ1v) is 7.63. The summed E-state index contributed by atoms with van der Waals surface area (Å²) < 4.78 is 1.93. The zero-order valence-electron chi connectivity index (χ0n) is 12.8. The Bertz CT molecular complexity index is 889. The van der Waals surface area contributed by atoms with Gasteiger partial charge in [0.25, 0.3) is 0 Å². The Hall–Kier alpha value is -2.42. The molecule has 3 heteroatoms. The van der Waals surface area contributed by atoms with Crippen molar-refractivity contribution in [3.8, 4) is 5.69 Å². The highest BCUT2D eigenvalue weighted by Gasteiger charge is 2.34. The van der Waals surface area contributed by atoms with Crippen LogP contribution in [0, 0.1) is 5.41 Å². The van der Waals surface area contributed by atoms with Gasteiger partial charge >= 0.3 is 0 Å². The lowest BCUT2D eigenvalue weighted by Crippen LogP contribution is -2.27. The molecule has 2 aromatic carbocycles. The minimum Gasteiger partial charge on any atom is -0.294 e. The molecule has 1 aromatic heterocycles. The molecule has 3 nitrogen and oxygen atoms in total. The van der Waals surface area contributed by atoms with Gasteiger partial charge in [0, 0.05) is 6.42 Å². The van der Waals surface area contributed by atoms with Crippen LogP contribution >= 0.6 is 0 Å². The molecule has 0 fully saturated rings. The molecule has 0 bridgehead atoms. The lowest BCUT2D eigenvalue weighted by molar-refractivity contribution is 0.0911. The van der Waals surface area contributed by atoms with E-state index in [1.807, 2.05) is 16.8 Å². The molecule has 0 radical (unpaired) electrons. The second kappa shape index (κ2) is 4.54. The van der Waals surface area contributed by atoms with Gasteiger partial charge in [0.2, 0.25) is 0 Å². The Morgan fingerprint density at radius 2 is 1.82 bits per heavy atom. The summed E-state index contributed by atoms with van der Waals surface area (Å²) in [6.07, 6.45) is 3.20. The Kier molecular flexibility index (Phi) is 2.73. The van der Waals surface area contributed by atoms with Crippen LogP contribution in [0.15, 0.2) is 48.7 Å². The summed E-state index contributed by atoms with van der Waals surface area (Å²) in [7, 11) is 0. The first kappa shape index (κ1) is 13.3. The molecular weight excluding hydrogens is 272 g/mol. The minimum absolute atomic E-state index is 0.00127. The number of ketones is 1. The summed E-state index contributed by atoms with van der Waals surface area (Å²) in [5.41, 5.74) is 2.84. The maximum atomic E-state index is 12.3. The number of carbonyl (C=O) groups is 1. The van der Waals surface area contributed by atoms with Crippen LogP contribution < -0.4 is 0 Å². The van der Waals surface area contributed by atoms with Crippen molar-refractivity contribution in [2.75, 3.05) is 0 Å². The number of aromatic nitrogens is 2. The number of carbonyl (C=O) groups excluding carboxylic acids is 1. The third-order valence-corrected chi connectivity index (χ3v) is 4.43. The maximum Gasteiger partial charge on any atom is 0.166 e. The van der Waals surface area contributed by atoms with Crippen molar-refractivity contribution in [2.24, 2.45) is 5.41 Å². The highest BCUT2D eigenvalue weighted by Crippen LogP contribution is 2.35. The molecule has 1 aliphatic carbocycles. The average molecular weight is 290 g/mol. The van der Waals surface area contributed by atoms with Crippen LogP contribution in [0.2, 0.25) is 0 Å². The van der Waals surface area contributed by atoms with Gasteiger partial charge in [-0.05, 0) is 34.7 Å². The predicted molar refractivity (Wildman–Crippen MR) is 87.5 cm³/mol. The van der Waals surface area contributed by atoms with Crippen molar-refractivity contribution in [3.63, 3.8) is 0 Å². The first-order valence-electron chi connectivity index (χ1n) is 7.63. The van der Waals surface area contributed by atoms with Crippen LogP contribution in [0.1, 0.15) is 36.3 Å². The molecule has 0 unspecified atom stereocenters. The maximum absolute atomic E-state index is 12.3. The van der Waals surface area contributed by atoms with Crippen LogP contribution in [-0.2, 0) is 6.42 Å². The van der Waals surface area contributed by atoms with Gasteiger partial charge in [-0.15, -0.1) is 0 Å². The zero-order chi connectivity index (χ0) is 15.3. The molecule has 1 heterocycles. The van der Waals surface area contributed by atoms with Gasteiger partial charge in [-0.2, -0.15) is 5.10 Å². The highest BCUT2D eigenvalue weighted by atomic mass is 16.1. The van der Waals surface area contributed by atoms with E-state index in [2.05, 4.69) is 49.3 Å². The Morgan fingerprint density at radius 1 is 1.05 bits per heavy atom. The Morgan fingerprint density at radius 3 is 2.64 bits per heavy atom. The van der Waals surface area contributed by atoms with Crippen molar-refractivity contribution in [2.45, 2.75) is 26.7 Å². The summed E-state index contributed by atoms with van der Waals surface area (Å²) in [6, 6.07) is 14.6. The smallest absolute Gasteiger partial charge is 0.166 e. The van der Waals surface area contributed by atoms with Crippen LogP contribution in [0.25, 0.3) is 16.5 Å². The second-order valence-corrected chi connectivity index (χ2v) is 6.89. The van der Waals surface area contributed by atoms with Gasteiger partial charge in [-0.1, -0.05) is 44.2 Å². The fraction of sp³-hybridized carbons (Fsp3) is 0.263. The molecule has 3 aromatic rings. The second-order valence-electron chi connectivity index (χ2n) is 6.89. The SMILES string of the molecule is CC1(C)CC(=O)c2cnn(-c3ccc4ccccc4c3)c2C1. The molecule has 4 rings (SSSR count). The third kappa shape index (κ3) is 2.05. The molecule has 1 aliphatic rings. The molecule has 0 N–H and O–H groups in total.